The number of hydrogen-bond donors (Lipinski definition) is 1. The van der Waals surface area contributed by atoms with Gasteiger partial charge in [0.1, 0.15) is 23.0 Å². The minimum Gasteiger partial charge on any atom is -0.497 e. The first-order valence-electron chi connectivity index (χ1n) is 10.2. The van der Waals surface area contributed by atoms with Crippen LogP contribution in [0.2, 0.25) is 0 Å². The number of urea groups is 1. The molecule has 2 heterocycles. The number of piperazine rings is 1. The summed E-state index contributed by atoms with van der Waals surface area (Å²) >= 11 is 0. The average molecular weight is 448 g/mol. The second kappa shape index (κ2) is 8.60. The van der Waals surface area contributed by atoms with E-state index in [2.05, 4.69) is 10.3 Å². The molecule has 2 aromatic rings. The molecule has 1 fully saturated rings. The van der Waals surface area contributed by atoms with Crippen molar-refractivity contribution in [3.63, 3.8) is 0 Å². The number of hydrogen-bond acceptors (Lipinski definition) is 5. The standard InChI is InChI=1S/C22H23F3N4O3/c1-3-26-21(30)29-10-8-28(9-11-29)20-16-13-15(31-2)5-7-18(16)32-19-6-4-14(22(23,24)25)12-17(19)27-20/h4-7,12-13H,3,8-11H2,1-2H3,(H,26,30). The number of carbonyl (C=O) groups is 1. The lowest BCUT2D eigenvalue weighted by Crippen LogP contribution is -2.53. The largest absolute Gasteiger partial charge is 0.497 e. The van der Waals surface area contributed by atoms with E-state index in [1.54, 1.807) is 23.1 Å². The molecule has 2 aliphatic rings. The second-order valence-electron chi connectivity index (χ2n) is 7.39. The molecule has 0 bridgehead atoms. The van der Waals surface area contributed by atoms with Gasteiger partial charge in [-0.2, -0.15) is 13.2 Å². The maximum atomic E-state index is 13.3. The minimum absolute atomic E-state index is 0.0937. The Morgan fingerprint density at radius 3 is 2.50 bits per heavy atom. The van der Waals surface area contributed by atoms with Crippen molar-refractivity contribution in [3.8, 4) is 17.2 Å². The number of nitrogens with zero attached hydrogens (tertiary/aromatic N) is 3. The van der Waals surface area contributed by atoms with Gasteiger partial charge >= 0.3 is 12.2 Å². The van der Waals surface area contributed by atoms with Gasteiger partial charge in [-0.15, -0.1) is 0 Å². The molecule has 170 valence electrons. The highest BCUT2D eigenvalue weighted by atomic mass is 19.4. The first-order valence-corrected chi connectivity index (χ1v) is 10.2. The highest BCUT2D eigenvalue weighted by molar-refractivity contribution is 6.04. The SMILES string of the molecule is CCNC(=O)N1CCN(C2=Nc3cc(C(F)(F)F)ccc3Oc3ccc(OC)cc32)CC1. The zero-order valence-corrected chi connectivity index (χ0v) is 17.7. The van der Waals surface area contributed by atoms with E-state index in [-0.39, 0.29) is 17.5 Å². The van der Waals surface area contributed by atoms with Crippen molar-refractivity contribution < 1.29 is 27.4 Å². The van der Waals surface area contributed by atoms with E-state index in [0.717, 1.165) is 12.1 Å². The van der Waals surface area contributed by atoms with Crippen LogP contribution in [0, 0.1) is 0 Å². The molecule has 1 N–H and O–H groups in total. The number of fused-ring (bicyclic) bond motifs is 2. The third-order valence-corrected chi connectivity index (χ3v) is 5.35. The van der Waals surface area contributed by atoms with E-state index in [0.29, 0.717) is 55.6 Å². The summed E-state index contributed by atoms with van der Waals surface area (Å²) in [6.07, 6.45) is -4.49. The fraction of sp³-hybridized carbons (Fsp3) is 0.364. The maximum Gasteiger partial charge on any atom is 0.416 e. The average Bonchev–Trinajstić information content (AvgIpc) is 2.94. The van der Waals surface area contributed by atoms with Crippen molar-refractivity contribution in [2.24, 2.45) is 4.99 Å². The molecular formula is C22H23F3N4O3. The number of amidine groups is 1. The van der Waals surface area contributed by atoms with Gasteiger partial charge in [0.05, 0.1) is 18.2 Å². The smallest absolute Gasteiger partial charge is 0.416 e. The number of benzene rings is 2. The Morgan fingerprint density at radius 1 is 1.12 bits per heavy atom. The van der Waals surface area contributed by atoms with Crippen LogP contribution in [-0.2, 0) is 6.18 Å². The number of amides is 2. The number of methoxy groups -OCH3 is 1. The number of alkyl halides is 3. The summed E-state index contributed by atoms with van der Waals surface area (Å²) in [6.45, 7) is 4.25. The zero-order valence-electron chi connectivity index (χ0n) is 17.7. The predicted octanol–water partition coefficient (Wildman–Crippen LogP) is 4.25. The molecule has 0 spiro atoms. The van der Waals surface area contributed by atoms with Crippen LogP contribution in [0.3, 0.4) is 0 Å². The number of aliphatic imine (C=N–C) groups is 1. The van der Waals surface area contributed by atoms with Gasteiger partial charge in [0.15, 0.2) is 5.75 Å². The molecule has 0 aromatic heterocycles. The summed E-state index contributed by atoms with van der Waals surface area (Å²) in [5, 5.41) is 2.78. The highest BCUT2D eigenvalue weighted by Crippen LogP contribution is 2.42. The lowest BCUT2D eigenvalue weighted by molar-refractivity contribution is -0.137. The Labute approximate surface area is 183 Å². The second-order valence-corrected chi connectivity index (χ2v) is 7.39. The first kappa shape index (κ1) is 21.8. The normalized spacial score (nSPS) is 15.7. The molecule has 0 atom stereocenters. The molecule has 0 unspecified atom stereocenters. The van der Waals surface area contributed by atoms with Crippen LogP contribution in [0.25, 0.3) is 0 Å². The Balaban J connectivity index is 1.73. The van der Waals surface area contributed by atoms with Crippen molar-refractivity contribution in [2.45, 2.75) is 13.1 Å². The Morgan fingerprint density at radius 2 is 1.84 bits per heavy atom. The molecule has 2 aromatic carbocycles. The molecule has 0 radical (unpaired) electrons. The lowest BCUT2D eigenvalue weighted by atomic mass is 10.1. The molecule has 7 nitrogen and oxygen atoms in total. The fourth-order valence-corrected chi connectivity index (χ4v) is 3.69. The van der Waals surface area contributed by atoms with E-state index < -0.39 is 11.7 Å². The van der Waals surface area contributed by atoms with E-state index in [1.165, 1.54) is 13.2 Å². The zero-order chi connectivity index (χ0) is 22.9. The van der Waals surface area contributed by atoms with Crippen LogP contribution in [0.15, 0.2) is 41.4 Å². The van der Waals surface area contributed by atoms with Crippen LogP contribution in [0.1, 0.15) is 18.1 Å². The summed E-state index contributed by atoms with van der Waals surface area (Å²) in [5.41, 5.74) is -0.0933. The Kier molecular flexibility index (Phi) is 5.86. The van der Waals surface area contributed by atoms with Gasteiger partial charge in [0, 0.05) is 32.7 Å². The third kappa shape index (κ3) is 4.30. The predicted molar refractivity (Wildman–Crippen MR) is 113 cm³/mol. The maximum absolute atomic E-state index is 13.3. The number of halogens is 3. The monoisotopic (exact) mass is 448 g/mol. The van der Waals surface area contributed by atoms with Gasteiger partial charge in [0.2, 0.25) is 0 Å². The number of nitrogens with one attached hydrogen (secondary N) is 1. The van der Waals surface area contributed by atoms with Crippen LogP contribution in [0.5, 0.6) is 17.2 Å². The van der Waals surface area contributed by atoms with Crippen molar-refractivity contribution in [1.29, 1.82) is 0 Å². The van der Waals surface area contributed by atoms with Crippen molar-refractivity contribution in [3.05, 3.63) is 47.5 Å². The van der Waals surface area contributed by atoms with Crippen molar-refractivity contribution in [1.82, 2.24) is 15.1 Å². The Bertz CT molecular complexity index is 1050. The van der Waals surface area contributed by atoms with Crippen molar-refractivity contribution >= 4 is 17.6 Å². The van der Waals surface area contributed by atoms with Crippen molar-refractivity contribution in [2.75, 3.05) is 39.8 Å². The number of carbonyl (C=O) groups excluding carboxylic acids is 1. The number of rotatable bonds is 2. The van der Waals surface area contributed by atoms with Crippen LogP contribution in [-0.4, -0.2) is 61.5 Å². The topological polar surface area (TPSA) is 66.4 Å². The summed E-state index contributed by atoms with van der Waals surface area (Å²) in [6, 6.07) is 8.30. The summed E-state index contributed by atoms with van der Waals surface area (Å²) in [4.78, 5) is 20.4. The molecule has 0 saturated carbocycles. The molecule has 2 amide bonds. The van der Waals surface area contributed by atoms with Crippen LogP contribution >= 0.6 is 0 Å². The molecular weight excluding hydrogens is 425 g/mol. The summed E-state index contributed by atoms with van der Waals surface area (Å²) in [5.74, 6) is 1.75. The molecule has 2 aliphatic heterocycles. The number of ether oxygens (including phenoxy) is 2. The van der Waals surface area contributed by atoms with Gasteiger partial charge in [0.25, 0.3) is 0 Å². The molecule has 0 aliphatic carbocycles. The van der Waals surface area contributed by atoms with Gasteiger partial charge in [-0.05, 0) is 43.3 Å². The summed E-state index contributed by atoms with van der Waals surface area (Å²) < 4.78 is 51.2. The molecule has 1 saturated heterocycles. The molecule has 4 rings (SSSR count). The van der Waals surface area contributed by atoms with Gasteiger partial charge in [-0.25, -0.2) is 9.79 Å². The van der Waals surface area contributed by atoms with Gasteiger partial charge in [-0.3, -0.25) is 0 Å². The van der Waals surface area contributed by atoms with Gasteiger partial charge in [-0.1, -0.05) is 0 Å². The van der Waals surface area contributed by atoms with Crippen LogP contribution in [0.4, 0.5) is 23.7 Å². The molecule has 10 heteroatoms. The van der Waals surface area contributed by atoms with E-state index >= 15 is 0 Å². The van der Waals surface area contributed by atoms with E-state index in [1.807, 2.05) is 11.8 Å². The third-order valence-electron chi connectivity index (χ3n) is 5.35. The summed E-state index contributed by atoms with van der Waals surface area (Å²) in [7, 11) is 1.53. The highest BCUT2D eigenvalue weighted by Gasteiger charge is 2.33. The quantitative estimate of drug-likeness (QED) is 0.746. The van der Waals surface area contributed by atoms with E-state index in [9.17, 15) is 18.0 Å². The Hall–Kier alpha value is -3.43. The lowest BCUT2D eigenvalue weighted by Gasteiger charge is -2.36. The minimum atomic E-state index is -4.49. The van der Waals surface area contributed by atoms with Gasteiger partial charge < -0.3 is 24.6 Å². The molecule has 32 heavy (non-hydrogen) atoms. The fourth-order valence-electron chi connectivity index (χ4n) is 3.69. The van der Waals surface area contributed by atoms with E-state index in [4.69, 9.17) is 9.47 Å². The van der Waals surface area contributed by atoms with Crippen LogP contribution < -0.4 is 14.8 Å². The first-order chi connectivity index (χ1) is 15.3.